The second-order valence-electron chi connectivity index (χ2n) is 6.62. The van der Waals surface area contributed by atoms with E-state index in [1.807, 2.05) is 6.07 Å². The van der Waals surface area contributed by atoms with Gasteiger partial charge in [-0.25, -0.2) is 0 Å². The Labute approximate surface area is 120 Å². The van der Waals surface area contributed by atoms with Gasteiger partial charge in [-0.05, 0) is 68.2 Å². The Hall–Kier alpha value is -1.35. The maximum Gasteiger partial charge on any atom is 0.251 e. The summed E-state index contributed by atoms with van der Waals surface area (Å²) in [6, 6.07) is 7.85. The van der Waals surface area contributed by atoms with Gasteiger partial charge in [0.25, 0.3) is 5.91 Å². The second-order valence-corrected chi connectivity index (χ2v) is 6.62. The number of carbonyl (C=O) groups is 1. The minimum atomic E-state index is 0.117. The molecule has 20 heavy (non-hydrogen) atoms. The van der Waals surface area contributed by atoms with Crippen molar-refractivity contribution in [2.75, 3.05) is 0 Å². The van der Waals surface area contributed by atoms with Crippen LogP contribution in [-0.4, -0.2) is 24.0 Å². The summed E-state index contributed by atoms with van der Waals surface area (Å²) in [4.78, 5) is 12.4. The molecular formula is C17H22N2O. The molecule has 2 atom stereocenters. The lowest BCUT2D eigenvalue weighted by atomic mass is 9.99. The zero-order valence-electron chi connectivity index (χ0n) is 11.8. The van der Waals surface area contributed by atoms with Crippen LogP contribution in [0, 0.1) is 0 Å². The van der Waals surface area contributed by atoms with Gasteiger partial charge in [-0.15, -0.1) is 0 Å². The van der Waals surface area contributed by atoms with Crippen LogP contribution in [0.2, 0.25) is 0 Å². The summed E-state index contributed by atoms with van der Waals surface area (Å²) >= 11 is 0. The maximum absolute atomic E-state index is 12.4. The van der Waals surface area contributed by atoms with Crippen LogP contribution in [0.4, 0.5) is 0 Å². The molecule has 4 rings (SSSR count). The van der Waals surface area contributed by atoms with Crippen LogP contribution in [0.3, 0.4) is 0 Å². The van der Waals surface area contributed by atoms with E-state index in [4.69, 9.17) is 0 Å². The van der Waals surface area contributed by atoms with Crippen molar-refractivity contribution in [3.8, 4) is 0 Å². The Bertz CT molecular complexity index is 528. The molecule has 0 spiro atoms. The Morgan fingerprint density at radius 1 is 1.10 bits per heavy atom. The zero-order valence-corrected chi connectivity index (χ0v) is 11.8. The number of carbonyl (C=O) groups excluding carboxylic acids is 1. The number of aryl methyl sites for hydroxylation is 2. The summed E-state index contributed by atoms with van der Waals surface area (Å²) in [5, 5.41) is 6.86. The third kappa shape index (κ3) is 2.24. The monoisotopic (exact) mass is 270 g/mol. The van der Waals surface area contributed by atoms with Gasteiger partial charge >= 0.3 is 0 Å². The van der Waals surface area contributed by atoms with Crippen molar-refractivity contribution in [3.63, 3.8) is 0 Å². The molecule has 1 amide bonds. The lowest BCUT2D eigenvalue weighted by Gasteiger charge is -2.29. The zero-order chi connectivity index (χ0) is 13.5. The molecule has 1 aliphatic carbocycles. The number of rotatable bonds is 2. The molecule has 0 saturated carbocycles. The topological polar surface area (TPSA) is 41.1 Å². The average Bonchev–Trinajstić information content (AvgIpc) is 3.04. The van der Waals surface area contributed by atoms with Crippen LogP contribution in [0.25, 0.3) is 0 Å². The van der Waals surface area contributed by atoms with E-state index in [1.165, 1.54) is 36.8 Å². The van der Waals surface area contributed by atoms with Gasteiger partial charge in [-0.2, -0.15) is 0 Å². The molecule has 3 nitrogen and oxygen atoms in total. The molecule has 2 aliphatic heterocycles. The second kappa shape index (κ2) is 4.88. The number of benzene rings is 1. The third-order valence-electron chi connectivity index (χ3n) is 5.17. The number of nitrogens with one attached hydrogen (secondary N) is 2. The Kier molecular flexibility index (Phi) is 3.03. The third-order valence-corrected chi connectivity index (χ3v) is 5.17. The maximum atomic E-state index is 12.4. The summed E-state index contributed by atoms with van der Waals surface area (Å²) in [7, 11) is 0. The van der Waals surface area contributed by atoms with Crippen molar-refractivity contribution in [3.05, 3.63) is 34.9 Å². The van der Waals surface area contributed by atoms with E-state index in [0.29, 0.717) is 18.1 Å². The number of fused-ring (bicyclic) bond motifs is 3. The van der Waals surface area contributed by atoms with Gasteiger partial charge in [0.05, 0.1) is 0 Å². The molecule has 3 aliphatic rings. The van der Waals surface area contributed by atoms with Crippen molar-refractivity contribution in [2.45, 2.75) is 63.1 Å². The molecule has 2 heterocycles. The largest absolute Gasteiger partial charge is 0.349 e. The van der Waals surface area contributed by atoms with Crippen molar-refractivity contribution >= 4 is 5.91 Å². The minimum Gasteiger partial charge on any atom is -0.349 e. The highest BCUT2D eigenvalue weighted by molar-refractivity contribution is 5.94. The standard InChI is InChI=1S/C17H22N2O/c20-17(13-5-4-11-2-1-3-12(11)8-13)19-16-9-14-6-7-15(10-16)18-14/h4-5,8,14-16,18H,1-3,6-7,9-10H2,(H,19,20). The van der Waals surface area contributed by atoms with E-state index in [1.54, 1.807) is 0 Å². The summed E-state index contributed by atoms with van der Waals surface area (Å²) in [5.41, 5.74) is 3.65. The molecule has 0 radical (unpaired) electrons. The van der Waals surface area contributed by atoms with Gasteiger partial charge in [0.2, 0.25) is 0 Å². The number of amides is 1. The summed E-state index contributed by atoms with van der Waals surface area (Å²) < 4.78 is 0. The minimum absolute atomic E-state index is 0.117. The fourth-order valence-corrected chi connectivity index (χ4v) is 4.16. The Balaban J connectivity index is 1.45. The van der Waals surface area contributed by atoms with Gasteiger partial charge in [0.15, 0.2) is 0 Å². The Morgan fingerprint density at radius 2 is 1.85 bits per heavy atom. The molecule has 3 heteroatoms. The van der Waals surface area contributed by atoms with Gasteiger partial charge < -0.3 is 10.6 Å². The fourth-order valence-electron chi connectivity index (χ4n) is 4.16. The van der Waals surface area contributed by atoms with E-state index < -0.39 is 0 Å². The van der Waals surface area contributed by atoms with E-state index in [0.717, 1.165) is 24.8 Å². The molecule has 0 aromatic heterocycles. The number of hydrogen-bond donors (Lipinski definition) is 2. The van der Waals surface area contributed by atoms with Gasteiger partial charge in [0, 0.05) is 23.7 Å². The van der Waals surface area contributed by atoms with E-state index in [-0.39, 0.29) is 5.91 Å². The van der Waals surface area contributed by atoms with Gasteiger partial charge in [0.1, 0.15) is 0 Å². The van der Waals surface area contributed by atoms with Crippen molar-refractivity contribution in [2.24, 2.45) is 0 Å². The lowest BCUT2D eigenvalue weighted by molar-refractivity contribution is 0.0924. The fraction of sp³-hybridized carbons (Fsp3) is 0.588. The van der Waals surface area contributed by atoms with E-state index in [9.17, 15) is 4.79 Å². The first kappa shape index (κ1) is 12.4. The highest BCUT2D eigenvalue weighted by Gasteiger charge is 2.34. The summed E-state index contributed by atoms with van der Waals surface area (Å²) in [5.74, 6) is 0.117. The highest BCUT2D eigenvalue weighted by Crippen LogP contribution is 2.27. The van der Waals surface area contributed by atoms with Crippen LogP contribution in [-0.2, 0) is 12.8 Å². The highest BCUT2D eigenvalue weighted by atomic mass is 16.1. The van der Waals surface area contributed by atoms with Crippen LogP contribution < -0.4 is 10.6 Å². The molecule has 2 bridgehead atoms. The predicted molar refractivity (Wildman–Crippen MR) is 78.9 cm³/mol. The van der Waals surface area contributed by atoms with Crippen molar-refractivity contribution < 1.29 is 4.79 Å². The van der Waals surface area contributed by atoms with Crippen LogP contribution in [0.5, 0.6) is 0 Å². The number of piperidine rings is 1. The molecular weight excluding hydrogens is 248 g/mol. The molecule has 2 unspecified atom stereocenters. The molecule has 2 saturated heterocycles. The van der Waals surface area contributed by atoms with E-state index >= 15 is 0 Å². The summed E-state index contributed by atoms with van der Waals surface area (Å²) in [6.07, 6.45) is 8.27. The average molecular weight is 270 g/mol. The van der Waals surface area contributed by atoms with Crippen molar-refractivity contribution in [1.29, 1.82) is 0 Å². The molecule has 1 aromatic carbocycles. The first-order valence-electron chi connectivity index (χ1n) is 7.96. The Morgan fingerprint density at radius 3 is 2.65 bits per heavy atom. The van der Waals surface area contributed by atoms with Crippen molar-refractivity contribution in [1.82, 2.24) is 10.6 Å². The molecule has 2 N–H and O–H groups in total. The van der Waals surface area contributed by atoms with Crippen LogP contribution in [0.1, 0.15) is 53.6 Å². The van der Waals surface area contributed by atoms with Gasteiger partial charge in [-0.3, -0.25) is 4.79 Å². The SMILES string of the molecule is O=C(NC1CC2CCC(C1)N2)c1ccc2c(c1)CCC2. The molecule has 2 fully saturated rings. The number of hydrogen-bond acceptors (Lipinski definition) is 2. The van der Waals surface area contributed by atoms with Crippen LogP contribution in [0.15, 0.2) is 18.2 Å². The lowest BCUT2D eigenvalue weighted by Crippen LogP contribution is -2.48. The van der Waals surface area contributed by atoms with E-state index in [2.05, 4.69) is 22.8 Å². The quantitative estimate of drug-likeness (QED) is 0.865. The smallest absolute Gasteiger partial charge is 0.251 e. The predicted octanol–water partition coefficient (Wildman–Crippen LogP) is 2.19. The van der Waals surface area contributed by atoms with Gasteiger partial charge in [-0.1, -0.05) is 6.07 Å². The molecule has 1 aromatic rings. The molecule has 106 valence electrons. The van der Waals surface area contributed by atoms with Crippen LogP contribution >= 0.6 is 0 Å². The summed E-state index contributed by atoms with van der Waals surface area (Å²) in [6.45, 7) is 0. The normalized spacial score (nSPS) is 31.1. The first-order valence-corrected chi connectivity index (χ1v) is 7.96. The first-order chi connectivity index (χ1) is 9.78.